The molecule has 0 fully saturated rings. The molecule has 2 N–H and O–H groups in total. The zero-order valence-corrected chi connectivity index (χ0v) is 13.6. The van der Waals surface area contributed by atoms with E-state index in [2.05, 4.69) is 20.6 Å². The van der Waals surface area contributed by atoms with Gasteiger partial charge in [-0.2, -0.15) is 0 Å². The van der Waals surface area contributed by atoms with Crippen LogP contribution in [0, 0.1) is 6.92 Å². The summed E-state index contributed by atoms with van der Waals surface area (Å²) in [6.45, 7) is 7.80. The molecule has 2 heterocycles. The van der Waals surface area contributed by atoms with E-state index in [-0.39, 0.29) is 12.1 Å². The number of aromatic nitrogens is 2. The smallest absolute Gasteiger partial charge is 0.316 e. The number of aryl methyl sites for hydroxylation is 1. The van der Waals surface area contributed by atoms with Gasteiger partial charge in [-0.25, -0.2) is 14.8 Å². The molecule has 0 radical (unpaired) electrons. The Balaban J connectivity index is 1.97. The lowest BCUT2D eigenvalue weighted by atomic mass is 10.1. The number of nitrogens with one attached hydrogen (secondary N) is 2. The first-order chi connectivity index (χ1) is 9.38. The second kappa shape index (κ2) is 5.88. The van der Waals surface area contributed by atoms with Crippen molar-refractivity contribution in [1.29, 1.82) is 0 Å². The maximum atomic E-state index is 12.1. The van der Waals surface area contributed by atoms with Gasteiger partial charge < -0.3 is 10.6 Å². The van der Waals surface area contributed by atoms with Gasteiger partial charge in [0.1, 0.15) is 10.0 Å². The molecule has 2 rings (SSSR count). The zero-order valence-electron chi connectivity index (χ0n) is 11.9. The molecule has 0 aliphatic heterocycles. The van der Waals surface area contributed by atoms with Gasteiger partial charge in [-0.15, -0.1) is 22.7 Å². The van der Waals surface area contributed by atoms with E-state index in [1.807, 2.05) is 39.3 Å². The first-order valence-corrected chi connectivity index (χ1v) is 7.99. The number of thiazole rings is 2. The first-order valence-electron chi connectivity index (χ1n) is 6.29. The number of carbonyl (C=O) groups excluding carboxylic acids is 1. The van der Waals surface area contributed by atoms with E-state index in [4.69, 9.17) is 0 Å². The minimum atomic E-state index is -0.494. The topological polar surface area (TPSA) is 66.9 Å². The Morgan fingerprint density at radius 3 is 2.70 bits per heavy atom. The first kappa shape index (κ1) is 14.9. The molecule has 0 aliphatic carbocycles. The third kappa shape index (κ3) is 3.55. The van der Waals surface area contributed by atoms with Crippen molar-refractivity contribution >= 4 is 28.7 Å². The Hall–Kier alpha value is -1.47. The van der Waals surface area contributed by atoms with E-state index in [0.29, 0.717) is 0 Å². The summed E-state index contributed by atoms with van der Waals surface area (Å²) >= 11 is 3.12. The van der Waals surface area contributed by atoms with E-state index in [1.54, 1.807) is 17.5 Å². The maximum Gasteiger partial charge on any atom is 0.316 e. The van der Waals surface area contributed by atoms with E-state index in [1.165, 1.54) is 11.3 Å². The summed E-state index contributed by atoms with van der Waals surface area (Å²) in [5.41, 5.74) is -0.494. The van der Waals surface area contributed by atoms with Crippen LogP contribution in [-0.4, -0.2) is 16.0 Å². The minimum Gasteiger partial charge on any atom is -0.329 e. The van der Waals surface area contributed by atoms with Crippen LogP contribution in [0.15, 0.2) is 17.8 Å². The lowest BCUT2D eigenvalue weighted by Crippen LogP contribution is -2.47. The normalized spacial score (nSPS) is 13.0. The molecule has 2 aromatic heterocycles. The highest BCUT2D eigenvalue weighted by Gasteiger charge is 2.26. The highest BCUT2D eigenvalue weighted by atomic mass is 32.1. The van der Waals surface area contributed by atoms with Gasteiger partial charge in [-0.3, -0.25) is 0 Å². The van der Waals surface area contributed by atoms with Crippen LogP contribution in [-0.2, 0) is 5.54 Å². The van der Waals surface area contributed by atoms with Crippen molar-refractivity contribution in [3.05, 3.63) is 32.7 Å². The molecule has 0 bridgehead atoms. The largest absolute Gasteiger partial charge is 0.329 e. The Morgan fingerprint density at radius 1 is 1.40 bits per heavy atom. The van der Waals surface area contributed by atoms with Crippen molar-refractivity contribution < 1.29 is 4.79 Å². The van der Waals surface area contributed by atoms with Crippen LogP contribution in [0.3, 0.4) is 0 Å². The lowest BCUT2D eigenvalue weighted by Gasteiger charge is -2.25. The fraction of sp³-hybridized carbons (Fsp3) is 0.462. The lowest BCUT2D eigenvalue weighted by molar-refractivity contribution is 0.227. The highest BCUT2D eigenvalue weighted by Crippen LogP contribution is 2.24. The van der Waals surface area contributed by atoms with Crippen LogP contribution in [0.5, 0.6) is 0 Å². The molecular weight excluding hydrogens is 292 g/mol. The monoisotopic (exact) mass is 310 g/mol. The van der Waals surface area contributed by atoms with E-state index in [0.717, 1.165) is 14.9 Å². The molecular formula is C13H18N4OS2. The highest BCUT2D eigenvalue weighted by molar-refractivity contribution is 7.11. The fourth-order valence-corrected chi connectivity index (χ4v) is 3.19. The predicted octanol–water partition coefficient (Wildman–Crippen LogP) is 3.20. The van der Waals surface area contributed by atoms with Crippen LogP contribution in [0.4, 0.5) is 4.79 Å². The molecule has 1 atom stereocenters. The van der Waals surface area contributed by atoms with E-state index in [9.17, 15) is 4.79 Å². The number of hydrogen-bond donors (Lipinski definition) is 2. The molecule has 7 heteroatoms. The molecule has 0 aliphatic rings. The SMILES string of the molecule is Cc1cnc(C(C)(C)NC(=O)N[C@@H](C)c2nccs2)s1. The van der Waals surface area contributed by atoms with Gasteiger partial charge in [0.15, 0.2) is 0 Å². The average Bonchev–Trinajstić information content (AvgIpc) is 2.97. The molecule has 20 heavy (non-hydrogen) atoms. The van der Waals surface area contributed by atoms with Gasteiger partial charge in [0, 0.05) is 22.7 Å². The summed E-state index contributed by atoms with van der Waals surface area (Å²) in [7, 11) is 0. The Bertz CT molecular complexity index is 577. The van der Waals surface area contributed by atoms with Crippen molar-refractivity contribution in [2.45, 2.75) is 39.3 Å². The third-order valence-electron chi connectivity index (χ3n) is 2.75. The summed E-state index contributed by atoms with van der Waals surface area (Å²) in [6, 6.07) is -0.325. The fourth-order valence-electron chi connectivity index (χ4n) is 1.72. The minimum absolute atomic E-state index is 0.108. The number of nitrogens with zero attached hydrogens (tertiary/aromatic N) is 2. The maximum absolute atomic E-state index is 12.1. The third-order valence-corrected chi connectivity index (χ3v) is 4.95. The molecule has 0 unspecified atom stereocenters. The Labute approximate surface area is 126 Å². The summed E-state index contributed by atoms with van der Waals surface area (Å²) in [5, 5.41) is 9.53. The van der Waals surface area contributed by atoms with Gasteiger partial charge in [-0.05, 0) is 27.7 Å². The Morgan fingerprint density at radius 2 is 2.15 bits per heavy atom. The van der Waals surface area contributed by atoms with Crippen molar-refractivity contribution in [2.24, 2.45) is 0 Å². The van der Waals surface area contributed by atoms with Crippen LogP contribution in [0.25, 0.3) is 0 Å². The average molecular weight is 310 g/mol. The molecule has 0 saturated carbocycles. The number of hydrogen-bond acceptors (Lipinski definition) is 5. The predicted molar refractivity (Wildman–Crippen MR) is 82.1 cm³/mol. The number of carbonyl (C=O) groups is 1. The second-order valence-corrected chi connectivity index (χ2v) is 7.25. The molecule has 2 aromatic rings. The van der Waals surface area contributed by atoms with Crippen molar-refractivity contribution in [1.82, 2.24) is 20.6 Å². The zero-order chi connectivity index (χ0) is 14.8. The quantitative estimate of drug-likeness (QED) is 0.911. The molecule has 2 amide bonds. The molecule has 5 nitrogen and oxygen atoms in total. The molecule has 108 valence electrons. The van der Waals surface area contributed by atoms with E-state index < -0.39 is 5.54 Å². The molecule has 0 saturated heterocycles. The van der Waals surface area contributed by atoms with Gasteiger partial charge in [0.25, 0.3) is 0 Å². The second-order valence-electron chi connectivity index (χ2n) is 5.09. The molecule has 0 spiro atoms. The van der Waals surface area contributed by atoms with Crippen molar-refractivity contribution in [3.8, 4) is 0 Å². The summed E-state index contributed by atoms with van der Waals surface area (Å²) in [6.07, 6.45) is 3.55. The molecule has 0 aromatic carbocycles. The van der Waals surface area contributed by atoms with Crippen molar-refractivity contribution in [2.75, 3.05) is 0 Å². The standard InChI is InChI=1S/C13H18N4OS2/c1-8-7-15-11(20-8)13(3,4)17-12(18)16-9(2)10-14-5-6-19-10/h5-7,9H,1-4H3,(H2,16,17,18)/t9-/m0/s1. The summed E-state index contributed by atoms with van der Waals surface area (Å²) < 4.78 is 0. The van der Waals surface area contributed by atoms with Gasteiger partial charge >= 0.3 is 6.03 Å². The van der Waals surface area contributed by atoms with Crippen molar-refractivity contribution in [3.63, 3.8) is 0 Å². The Kier molecular flexibility index (Phi) is 4.39. The van der Waals surface area contributed by atoms with Crippen LogP contribution < -0.4 is 10.6 Å². The van der Waals surface area contributed by atoms with E-state index >= 15 is 0 Å². The number of amides is 2. The van der Waals surface area contributed by atoms with Crippen LogP contribution in [0.2, 0.25) is 0 Å². The van der Waals surface area contributed by atoms with Crippen LogP contribution in [0.1, 0.15) is 41.7 Å². The van der Waals surface area contributed by atoms with Gasteiger partial charge in [-0.1, -0.05) is 0 Å². The number of rotatable bonds is 4. The summed E-state index contributed by atoms with van der Waals surface area (Å²) in [5.74, 6) is 0. The number of urea groups is 1. The van der Waals surface area contributed by atoms with Gasteiger partial charge in [0.05, 0.1) is 11.6 Å². The van der Waals surface area contributed by atoms with Crippen LogP contribution >= 0.6 is 22.7 Å². The summed E-state index contributed by atoms with van der Waals surface area (Å²) in [4.78, 5) is 21.7. The van der Waals surface area contributed by atoms with Gasteiger partial charge in [0.2, 0.25) is 0 Å².